The van der Waals surface area contributed by atoms with Crippen molar-refractivity contribution < 1.29 is 14.6 Å². The van der Waals surface area contributed by atoms with Crippen LogP contribution in [0.25, 0.3) is 5.65 Å². The number of aromatic nitrogens is 4. The van der Waals surface area contributed by atoms with E-state index in [9.17, 15) is 9.90 Å². The lowest BCUT2D eigenvalue weighted by molar-refractivity contribution is 0.0969. The minimum absolute atomic E-state index is 0.0515. The Balaban J connectivity index is 1.03. The molecule has 0 radical (unpaired) electrons. The van der Waals surface area contributed by atoms with Gasteiger partial charge in [-0.3, -0.25) is 0 Å². The highest BCUT2D eigenvalue weighted by atomic mass is 35.5. The number of benzene rings is 1. The van der Waals surface area contributed by atoms with Gasteiger partial charge < -0.3 is 29.8 Å². The SMILES string of the molecule is CCOC(=O)N1CCC(c2cn3ccc(Sc4cnc(N5CCC6(CC5)Cc5ccccc5[C@H]6N)c(CO)n4)c(Cl)c3n2)CC1. The van der Waals surface area contributed by atoms with E-state index in [0.717, 1.165) is 61.6 Å². The molecule has 45 heavy (non-hydrogen) atoms. The molecule has 2 saturated heterocycles. The summed E-state index contributed by atoms with van der Waals surface area (Å²) in [4.78, 5) is 31.4. The molecule has 1 aromatic carbocycles. The van der Waals surface area contributed by atoms with E-state index in [1.165, 1.54) is 22.9 Å². The number of nitrogens with two attached hydrogens (primary N) is 1. The third kappa shape index (κ3) is 5.64. The van der Waals surface area contributed by atoms with Crippen LogP contribution in [0, 0.1) is 5.41 Å². The molecule has 0 unspecified atom stereocenters. The fraction of sp³-hybridized carbons (Fsp3) is 0.455. The number of hydrogen-bond acceptors (Lipinski definition) is 9. The lowest BCUT2D eigenvalue weighted by atomic mass is 9.73. The van der Waals surface area contributed by atoms with Crippen LogP contribution >= 0.6 is 23.4 Å². The number of carbonyl (C=O) groups excluding carboxylic acids is 1. The lowest BCUT2D eigenvalue weighted by Gasteiger charge is -2.42. The summed E-state index contributed by atoms with van der Waals surface area (Å²) < 4.78 is 7.10. The number of hydrogen-bond donors (Lipinski definition) is 2. The van der Waals surface area contributed by atoms with Gasteiger partial charge in [0, 0.05) is 55.4 Å². The number of nitrogens with zero attached hydrogens (tertiary/aromatic N) is 6. The van der Waals surface area contributed by atoms with Crippen molar-refractivity contribution >= 4 is 40.9 Å². The molecule has 1 spiro atoms. The molecular weight excluding hydrogens is 610 g/mol. The average Bonchev–Trinajstić information content (AvgIpc) is 3.63. The molecule has 5 heterocycles. The third-order valence-electron chi connectivity index (χ3n) is 9.81. The van der Waals surface area contributed by atoms with Crippen molar-refractivity contribution in [2.24, 2.45) is 11.1 Å². The molecule has 3 aromatic heterocycles. The van der Waals surface area contributed by atoms with Crippen LogP contribution in [-0.4, -0.2) is 68.2 Å². The molecule has 2 aliphatic heterocycles. The van der Waals surface area contributed by atoms with Crippen molar-refractivity contribution in [3.05, 3.63) is 76.5 Å². The number of pyridine rings is 1. The molecule has 236 valence electrons. The summed E-state index contributed by atoms with van der Waals surface area (Å²) in [6.07, 6.45) is 10.1. The first-order chi connectivity index (χ1) is 21.9. The highest BCUT2D eigenvalue weighted by molar-refractivity contribution is 7.99. The number of aliphatic hydroxyl groups excluding tert-OH is 1. The van der Waals surface area contributed by atoms with Crippen molar-refractivity contribution in [1.82, 2.24) is 24.3 Å². The number of aliphatic hydroxyl groups is 1. The molecule has 3 N–H and O–H groups in total. The number of amides is 1. The Bertz CT molecular complexity index is 1720. The predicted octanol–water partition coefficient (Wildman–Crippen LogP) is 5.60. The molecular formula is C33H38ClN7O3S. The Morgan fingerprint density at radius 1 is 1.16 bits per heavy atom. The van der Waals surface area contributed by atoms with Crippen LogP contribution in [0.3, 0.4) is 0 Å². The number of likely N-dealkylation sites (tertiary alicyclic amines) is 1. The normalized spacial score (nSPS) is 19.8. The van der Waals surface area contributed by atoms with Crippen LogP contribution in [0.4, 0.5) is 10.6 Å². The summed E-state index contributed by atoms with van der Waals surface area (Å²) in [5.74, 6) is 0.979. The quantitative estimate of drug-likeness (QED) is 0.275. The monoisotopic (exact) mass is 647 g/mol. The highest BCUT2D eigenvalue weighted by Gasteiger charge is 2.46. The number of rotatable bonds is 6. The summed E-state index contributed by atoms with van der Waals surface area (Å²) in [5.41, 5.74) is 11.7. The maximum absolute atomic E-state index is 12.1. The number of fused-ring (bicyclic) bond motifs is 2. The van der Waals surface area contributed by atoms with Crippen LogP contribution in [0.2, 0.25) is 5.02 Å². The van der Waals surface area contributed by atoms with Crippen LogP contribution in [0.15, 0.2) is 58.8 Å². The van der Waals surface area contributed by atoms with Gasteiger partial charge in [-0.2, -0.15) is 0 Å². The standard InChI is InChI=1S/C33H38ClN7O3S/c1-2-44-32(43)40-12-7-21(8-13-40)24-19-41-14-9-26(28(34)31(41)38-24)45-27-18-36-30(25(20-42)37-27)39-15-10-33(11-16-39)17-22-5-3-4-6-23(22)29(33)35/h3-6,9,14,18-19,21,29,42H,2,7-8,10-13,15-17,20,35H2,1H3/t29-/m1/s1. The zero-order chi connectivity index (χ0) is 31.1. The molecule has 3 aliphatic rings. The molecule has 1 atom stereocenters. The topological polar surface area (TPSA) is 122 Å². The van der Waals surface area contributed by atoms with Crippen molar-refractivity contribution in [1.29, 1.82) is 0 Å². The van der Waals surface area contributed by atoms with Crippen LogP contribution < -0.4 is 10.6 Å². The fourth-order valence-corrected chi connectivity index (χ4v) is 8.39. The Morgan fingerprint density at radius 3 is 2.67 bits per heavy atom. The van der Waals surface area contributed by atoms with E-state index < -0.39 is 0 Å². The van der Waals surface area contributed by atoms with Crippen molar-refractivity contribution in [2.75, 3.05) is 37.7 Å². The maximum Gasteiger partial charge on any atom is 0.409 e. The molecule has 4 aromatic rings. The molecule has 10 nitrogen and oxygen atoms in total. The van der Waals surface area contributed by atoms with Gasteiger partial charge in [-0.1, -0.05) is 47.6 Å². The molecule has 0 bridgehead atoms. The predicted molar refractivity (Wildman–Crippen MR) is 174 cm³/mol. The van der Waals surface area contributed by atoms with Gasteiger partial charge in [0.15, 0.2) is 11.5 Å². The first-order valence-electron chi connectivity index (χ1n) is 15.7. The zero-order valence-electron chi connectivity index (χ0n) is 25.4. The Morgan fingerprint density at radius 2 is 1.93 bits per heavy atom. The number of carbonyl (C=O) groups is 1. The van der Waals surface area contributed by atoms with Gasteiger partial charge in [0.25, 0.3) is 0 Å². The molecule has 12 heteroatoms. The molecule has 1 aliphatic carbocycles. The number of piperidine rings is 2. The van der Waals surface area contributed by atoms with E-state index in [4.69, 9.17) is 37.0 Å². The van der Waals surface area contributed by atoms with Crippen molar-refractivity contribution in [3.63, 3.8) is 0 Å². The van der Waals surface area contributed by atoms with Crippen molar-refractivity contribution in [2.45, 2.75) is 67.5 Å². The van der Waals surface area contributed by atoms with Gasteiger partial charge in [-0.25, -0.2) is 19.7 Å². The fourth-order valence-electron chi connectivity index (χ4n) is 7.27. The lowest BCUT2D eigenvalue weighted by Crippen LogP contribution is -2.45. The first-order valence-corrected chi connectivity index (χ1v) is 16.9. The summed E-state index contributed by atoms with van der Waals surface area (Å²) in [7, 11) is 0. The second-order valence-corrected chi connectivity index (χ2v) is 13.7. The molecule has 0 saturated carbocycles. The number of halogens is 1. The number of ether oxygens (including phenoxy) is 1. The van der Waals surface area contributed by atoms with Crippen LogP contribution in [0.1, 0.15) is 67.1 Å². The smallest absolute Gasteiger partial charge is 0.409 e. The van der Waals surface area contributed by atoms with Crippen LogP contribution in [0.5, 0.6) is 0 Å². The summed E-state index contributed by atoms with van der Waals surface area (Å²) in [6.45, 7) is 4.94. The summed E-state index contributed by atoms with van der Waals surface area (Å²) in [5, 5.41) is 11.5. The highest BCUT2D eigenvalue weighted by Crippen LogP contribution is 2.51. The van der Waals surface area contributed by atoms with E-state index in [2.05, 4.69) is 29.2 Å². The Kier molecular flexibility index (Phi) is 8.37. The minimum atomic E-state index is -0.249. The average molecular weight is 648 g/mol. The molecule has 7 rings (SSSR count). The van der Waals surface area contributed by atoms with E-state index in [0.29, 0.717) is 41.1 Å². The third-order valence-corrected chi connectivity index (χ3v) is 11.3. The Hall–Kier alpha value is -3.38. The van der Waals surface area contributed by atoms with E-state index >= 15 is 0 Å². The Labute approximate surface area is 271 Å². The van der Waals surface area contributed by atoms with E-state index in [-0.39, 0.29) is 30.1 Å². The van der Waals surface area contributed by atoms with Gasteiger partial charge in [-0.05, 0) is 61.6 Å². The zero-order valence-corrected chi connectivity index (χ0v) is 26.9. The maximum atomic E-state index is 12.1. The van der Waals surface area contributed by atoms with Crippen molar-refractivity contribution in [3.8, 4) is 0 Å². The molecule has 2 fully saturated rings. The second-order valence-electron chi connectivity index (χ2n) is 12.3. The summed E-state index contributed by atoms with van der Waals surface area (Å²) >= 11 is 8.30. The van der Waals surface area contributed by atoms with E-state index in [1.54, 1.807) is 11.1 Å². The summed E-state index contributed by atoms with van der Waals surface area (Å²) in [6, 6.07) is 10.6. The van der Waals surface area contributed by atoms with Gasteiger partial charge in [0.2, 0.25) is 0 Å². The first kappa shape index (κ1) is 30.3. The van der Waals surface area contributed by atoms with Gasteiger partial charge in [-0.15, -0.1) is 0 Å². The van der Waals surface area contributed by atoms with Gasteiger partial charge in [0.1, 0.15) is 10.7 Å². The second kappa shape index (κ2) is 12.4. The van der Waals surface area contributed by atoms with Crippen LogP contribution in [-0.2, 0) is 17.8 Å². The minimum Gasteiger partial charge on any atom is -0.450 e. The van der Waals surface area contributed by atoms with Gasteiger partial charge >= 0.3 is 6.09 Å². The van der Waals surface area contributed by atoms with Gasteiger partial charge in [0.05, 0.1) is 30.1 Å². The number of imidazole rings is 1. The molecule has 1 amide bonds. The largest absolute Gasteiger partial charge is 0.450 e. The van der Waals surface area contributed by atoms with E-state index in [1.807, 2.05) is 29.8 Å². The number of anilines is 1.